The Balaban J connectivity index is 1.72. The van der Waals surface area contributed by atoms with Gasteiger partial charge in [-0.15, -0.1) is 10.2 Å². The van der Waals surface area contributed by atoms with Gasteiger partial charge in [-0.1, -0.05) is 47.2 Å². The highest BCUT2D eigenvalue weighted by atomic mass is 79.9. The third kappa shape index (κ3) is 3.04. The first kappa shape index (κ1) is 14.0. The van der Waals surface area contributed by atoms with Crippen LogP contribution in [-0.2, 0) is 12.8 Å². The molecule has 2 aromatic rings. The molecule has 1 aliphatic carbocycles. The van der Waals surface area contributed by atoms with Gasteiger partial charge in [-0.2, -0.15) is 0 Å². The second-order valence-electron chi connectivity index (χ2n) is 5.68. The maximum absolute atomic E-state index is 4.27. The Hall–Kier alpha value is -0.940. The highest BCUT2D eigenvalue weighted by Gasteiger charge is 2.23. The van der Waals surface area contributed by atoms with E-state index in [-0.39, 0.29) is 0 Å². The molecule has 106 valence electrons. The van der Waals surface area contributed by atoms with E-state index in [1.165, 1.54) is 11.1 Å². The fourth-order valence-electron chi connectivity index (χ4n) is 2.63. The van der Waals surface area contributed by atoms with Gasteiger partial charge >= 0.3 is 0 Å². The van der Waals surface area contributed by atoms with Gasteiger partial charge in [-0.05, 0) is 42.0 Å². The van der Waals surface area contributed by atoms with Crippen LogP contribution in [0.3, 0.4) is 0 Å². The van der Waals surface area contributed by atoms with E-state index in [9.17, 15) is 0 Å². The van der Waals surface area contributed by atoms with E-state index in [0.717, 1.165) is 33.9 Å². The van der Waals surface area contributed by atoms with E-state index in [2.05, 4.69) is 63.5 Å². The molecule has 3 nitrogen and oxygen atoms in total. The van der Waals surface area contributed by atoms with Crippen LogP contribution in [0.1, 0.15) is 42.4 Å². The fraction of sp³-hybridized carbons (Fsp3) is 0.467. The van der Waals surface area contributed by atoms with Crippen molar-refractivity contribution in [3.8, 4) is 0 Å². The van der Waals surface area contributed by atoms with Gasteiger partial charge in [-0.25, -0.2) is 0 Å². The summed E-state index contributed by atoms with van der Waals surface area (Å²) in [6, 6.07) is 6.92. The Kier molecular flexibility index (Phi) is 4.08. The Bertz CT molecular complexity index is 609. The lowest BCUT2D eigenvalue weighted by Crippen LogP contribution is -2.06. The van der Waals surface area contributed by atoms with Crippen molar-refractivity contribution in [1.82, 2.24) is 10.2 Å². The number of fused-ring (bicyclic) bond motifs is 1. The second-order valence-corrected chi connectivity index (χ2v) is 7.66. The number of aromatic nitrogens is 2. The molecule has 1 unspecified atom stereocenters. The Morgan fingerprint density at radius 2 is 2.25 bits per heavy atom. The third-order valence-corrected chi connectivity index (χ3v) is 4.90. The predicted molar refractivity (Wildman–Crippen MR) is 87.3 cm³/mol. The van der Waals surface area contributed by atoms with Gasteiger partial charge in [0.25, 0.3) is 0 Å². The third-order valence-electron chi connectivity index (χ3n) is 3.53. The summed E-state index contributed by atoms with van der Waals surface area (Å²) in [7, 11) is 0. The van der Waals surface area contributed by atoms with Gasteiger partial charge in [0, 0.05) is 10.9 Å². The van der Waals surface area contributed by atoms with Crippen LogP contribution in [0, 0.1) is 5.92 Å². The molecule has 0 saturated heterocycles. The van der Waals surface area contributed by atoms with E-state index < -0.39 is 0 Å². The van der Waals surface area contributed by atoms with Crippen LogP contribution < -0.4 is 5.32 Å². The largest absolute Gasteiger partial charge is 0.353 e. The molecule has 0 bridgehead atoms. The van der Waals surface area contributed by atoms with Crippen LogP contribution >= 0.6 is 27.3 Å². The number of aryl methyl sites for hydroxylation is 1. The van der Waals surface area contributed by atoms with Gasteiger partial charge in [0.1, 0.15) is 5.01 Å². The van der Waals surface area contributed by atoms with Gasteiger partial charge in [0.2, 0.25) is 5.13 Å². The summed E-state index contributed by atoms with van der Waals surface area (Å²) in [5, 5.41) is 14.1. The average molecular weight is 352 g/mol. The van der Waals surface area contributed by atoms with Crippen LogP contribution in [0.4, 0.5) is 5.13 Å². The first-order valence-corrected chi connectivity index (χ1v) is 8.60. The summed E-state index contributed by atoms with van der Waals surface area (Å²) in [5.74, 6) is 0.625. The molecule has 0 spiro atoms. The molecule has 1 atom stereocenters. The van der Waals surface area contributed by atoms with E-state index in [0.29, 0.717) is 12.0 Å². The van der Waals surface area contributed by atoms with E-state index in [1.807, 2.05) is 0 Å². The van der Waals surface area contributed by atoms with Gasteiger partial charge in [0.15, 0.2) is 0 Å². The number of anilines is 1. The summed E-state index contributed by atoms with van der Waals surface area (Å²) in [6.45, 7) is 4.42. The number of hydrogen-bond acceptors (Lipinski definition) is 4. The highest BCUT2D eigenvalue weighted by molar-refractivity contribution is 9.10. The van der Waals surface area contributed by atoms with E-state index >= 15 is 0 Å². The number of halogens is 1. The summed E-state index contributed by atoms with van der Waals surface area (Å²) in [4.78, 5) is 0. The van der Waals surface area contributed by atoms with Gasteiger partial charge < -0.3 is 5.32 Å². The predicted octanol–water partition coefficient (Wildman–Crippen LogP) is 4.60. The molecule has 3 rings (SSSR count). The second kappa shape index (κ2) is 5.82. The maximum Gasteiger partial charge on any atom is 0.206 e. The monoisotopic (exact) mass is 351 g/mol. The molecule has 0 amide bonds. The molecule has 0 radical (unpaired) electrons. The van der Waals surface area contributed by atoms with Crippen LogP contribution in [-0.4, -0.2) is 10.2 Å². The number of hydrogen-bond donors (Lipinski definition) is 1. The minimum Gasteiger partial charge on any atom is -0.353 e. The molecule has 1 N–H and O–H groups in total. The molecular weight excluding hydrogens is 334 g/mol. The van der Waals surface area contributed by atoms with Crippen molar-refractivity contribution < 1.29 is 0 Å². The van der Waals surface area contributed by atoms with E-state index in [1.54, 1.807) is 11.3 Å². The zero-order valence-corrected chi connectivity index (χ0v) is 14.1. The van der Waals surface area contributed by atoms with Crippen molar-refractivity contribution >= 4 is 32.4 Å². The quantitative estimate of drug-likeness (QED) is 0.874. The molecule has 5 heteroatoms. The summed E-state index contributed by atoms with van der Waals surface area (Å²) in [6.07, 6.45) is 3.27. The Labute approximate surface area is 132 Å². The number of nitrogens with one attached hydrogen (secondary N) is 1. The fourth-order valence-corrected chi connectivity index (χ4v) is 4.04. The molecule has 1 aromatic carbocycles. The smallest absolute Gasteiger partial charge is 0.206 e. The zero-order chi connectivity index (χ0) is 14.1. The minimum atomic E-state index is 0.373. The first-order chi connectivity index (χ1) is 9.61. The molecule has 0 saturated carbocycles. The molecule has 1 aromatic heterocycles. The van der Waals surface area contributed by atoms with Gasteiger partial charge in [0.05, 0.1) is 6.04 Å². The SMILES string of the molecule is CC(C)Cc1nnc(NC2CCc3cc(Br)ccc32)s1. The number of rotatable bonds is 4. The Morgan fingerprint density at radius 3 is 3.05 bits per heavy atom. The molecule has 0 fully saturated rings. The summed E-state index contributed by atoms with van der Waals surface area (Å²) < 4.78 is 1.16. The van der Waals surface area contributed by atoms with Crippen molar-refractivity contribution in [3.05, 3.63) is 38.8 Å². The maximum atomic E-state index is 4.27. The van der Waals surface area contributed by atoms with Crippen molar-refractivity contribution in [1.29, 1.82) is 0 Å². The average Bonchev–Trinajstić information content (AvgIpc) is 2.97. The lowest BCUT2D eigenvalue weighted by atomic mass is 10.1. The molecule has 0 aliphatic heterocycles. The minimum absolute atomic E-state index is 0.373. The standard InChI is InChI=1S/C15H18BrN3S/c1-9(2)7-14-18-19-15(20-14)17-13-6-3-10-8-11(16)4-5-12(10)13/h4-5,8-9,13H,3,6-7H2,1-2H3,(H,17,19). The number of nitrogens with zero attached hydrogens (tertiary/aromatic N) is 2. The summed E-state index contributed by atoms with van der Waals surface area (Å²) >= 11 is 5.22. The first-order valence-electron chi connectivity index (χ1n) is 6.99. The number of benzene rings is 1. The molecule has 1 aliphatic rings. The normalized spacial score (nSPS) is 17.5. The lowest BCUT2D eigenvalue weighted by Gasteiger charge is -2.12. The van der Waals surface area contributed by atoms with Gasteiger partial charge in [-0.3, -0.25) is 0 Å². The molecule has 1 heterocycles. The van der Waals surface area contributed by atoms with E-state index in [4.69, 9.17) is 0 Å². The zero-order valence-electron chi connectivity index (χ0n) is 11.7. The van der Waals surface area contributed by atoms with Crippen LogP contribution in [0.25, 0.3) is 0 Å². The molecule has 20 heavy (non-hydrogen) atoms. The molecular formula is C15H18BrN3S. The van der Waals surface area contributed by atoms with Crippen LogP contribution in [0.15, 0.2) is 22.7 Å². The van der Waals surface area contributed by atoms with Crippen LogP contribution in [0.2, 0.25) is 0 Å². The van der Waals surface area contributed by atoms with Crippen molar-refractivity contribution in [3.63, 3.8) is 0 Å². The van der Waals surface area contributed by atoms with Crippen molar-refractivity contribution in [2.75, 3.05) is 5.32 Å². The topological polar surface area (TPSA) is 37.8 Å². The summed E-state index contributed by atoms with van der Waals surface area (Å²) in [5.41, 5.74) is 2.83. The lowest BCUT2D eigenvalue weighted by molar-refractivity contribution is 0.639. The highest BCUT2D eigenvalue weighted by Crippen LogP contribution is 2.36. The van der Waals surface area contributed by atoms with Crippen molar-refractivity contribution in [2.24, 2.45) is 5.92 Å². The van der Waals surface area contributed by atoms with Crippen LogP contribution in [0.5, 0.6) is 0 Å². The Morgan fingerprint density at radius 1 is 1.40 bits per heavy atom. The van der Waals surface area contributed by atoms with Crippen molar-refractivity contribution in [2.45, 2.75) is 39.2 Å².